The molecule has 0 N–H and O–H groups in total. The molecule has 0 saturated carbocycles. The summed E-state index contributed by atoms with van der Waals surface area (Å²) in [7, 11) is 0. The Morgan fingerprint density at radius 3 is 2.21 bits per heavy atom. The van der Waals surface area contributed by atoms with E-state index < -0.39 is 0 Å². The van der Waals surface area contributed by atoms with E-state index in [1.807, 2.05) is 13.0 Å². The normalized spacial score (nSPS) is 15.0. The molecule has 0 aromatic heterocycles. The SMILES string of the molecule is CCC(=O)N(Cc1ccccc1)C1CCN(CCc2c(C)cccc2C)CC1.Cl. The van der Waals surface area contributed by atoms with Crippen LogP contribution in [-0.4, -0.2) is 41.4 Å². The Labute approximate surface area is 182 Å². The maximum atomic E-state index is 12.6. The molecule has 2 aromatic rings. The van der Waals surface area contributed by atoms with Crippen LogP contribution >= 0.6 is 12.4 Å². The van der Waals surface area contributed by atoms with E-state index in [1.54, 1.807) is 0 Å². The van der Waals surface area contributed by atoms with E-state index in [9.17, 15) is 4.79 Å². The maximum Gasteiger partial charge on any atom is 0.222 e. The lowest BCUT2D eigenvalue weighted by atomic mass is 9.98. The van der Waals surface area contributed by atoms with E-state index in [4.69, 9.17) is 0 Å². The monoisotopic (exact) mass is 414 g/mol. The van der Waals surface area contributed by atoms with Crippen LogP contribution < -0.4 is 0 Å². The lowest BCUT2D eigenvalue weighted by molar-refractivity contribution is -0.135. The van der Waals surface area contributed by atoms with Crippen LogP contribution in [0.25, 0.3) is 0 Å². The minimum atomic E-state index is 0. The minimum Gasteiger partial charge on any atom is -0.335 e. The predicted molar refractivity (Wildman–Crippen MR) is 124 cm³/mol. The summed E-state index contributed by atoms with van der Waals surface area (Å²) in [5, 5.41) is 0. The predicted octanol–water partition coefficient (Wildman–Crippen LogP) is 5.17. The van der Waals surface area contributed by atoms with Crippen LogP contribution in [0.15, 0.2) is 48.5 Å². The molecule has 0 spiro atoms. The van der Waals surface area contributed by atoms with Crippen molar-refractivity contribution in [2.75, 3.05) is 19.6 Å². The first-order valence-corrected chi connectivity index (χ1v) is 10.7. The second kappa shape index (κ2) is 11.4. The van der Waals surface area contributed by atoms with Crippen LogP contribution in [0.5, 0.6) is 0 Å². The second-order valence-corrected chi connectivity index (χ2v) is 8.05. The third-order valence-electron chi connectivity index (χ3n) is 6.14. The molecule has 3 rings (SSSR count). The number of piperidine rings is 1. The second-order valence-electron chi connectivity index (χ2n) is 8.05. The third-order valence-corrected chi connectivity index (χ3v) is 6.14. The Balaban J connectivity index is 0.00000300. The molecule has 1 saturated heterocycles. The smallest absolute Gasteiger partial charge is 0.222 e. The first kappa shape index (κ1) is 23.4. The van der Waals surface area contributed by atoms with Gasteiger partial charge in [-0.3, -0.25) is 4.79 Å². The zero-order chi connectivity index (χ0) is 19.9. The molecule has 1 heterocycles. The van der Waals surface area contributed by atoms with Crippen LogP contribution in [0.3, 0.4) is 0 Å². The molecular formula is C25H35ClN2O. The number of halogens is 1. The van der Waals surface area contributed by atoms with Crippen molar-refractivity contribution in [1.29, 1.82) is 0 Å². The fourth-order valence-electron chi connectivity index (χ4n) is 4.37. The standard InChI is InChI=1S/C25H34N2O.ClH/c1-4-25(28)27(19-22-11-6-5-7-12-22)23-13-16-26(17-14-23)18-15-24-20(2)9-8-10-21(24)3;/h5-12,23H,4,13-19H2,1-3H3;1H. The summed E-state index contributed by atoms with van der Waals surface area (Å²) in [4.78, 5) is 17.3. The van der Waals surface area contributed by atoms with Gasteiger partial charge in [0.2, 0.25) is 5.91 Å². The van der Waals surface area contributed by atoms with Gasteiger partial charge < -0.3 is 9.80 Å². The van der Waals surface area contributed by atoms with Gasteiger partial charge in [0.1, 0.15) is 0 Å². The number of carbonyl (C=O) groups is 1. The van der Waals surface area contributed by atoms with Gasteiger partial charge in [-0.15, -0.1) is 12.4 Å². The Morgan fingerprint density at radius 2 is 1.62 bits per heavy atom. The molecule has 0 bridgehead atoms. The van der Waals surface area contributed by atoms with Gasteiger partial charge in [-0.25, -0.2) is 0 Å². The molecule has 1 amide bonds. The molecule has 2 aromatic carbocycles. The first-order valence-electron chi connectivity index (χ1n) is 10.7. The molecule has 0 atom stereocenters. The zero-order valence-corrected chi connectivity index (χ0v) is 18.9. The zero-order valence-electron chi connectivity index (χ0n) is 18.1. The summed E-state index contributed by atoms with van der Waals surface area (Å²) in [5.41, 5.74) is 5.52. The van der Waals surface area contributed by atoms with Crippen LogP contribution in [-0.2, 0) is 17.8 Å². The van der Waals surface area contributed by atoms with Gasteiger partial charge in [0, 0.05) is 38.6 Å². The highest BCUT2D eigenvalue weighted by Crippen LogP contribution is 2.21. The number of carbonyl (C=O) groups excluding carboxylic acids is 1. The Bertz CT molecular complexity index is 749. The van der Waals surface area contributed by atoms with Crippen LogP contribution in [0.4, 0.5) is 0 Å². The van der Waals surface area contributed by atoms with Gasteiger partial charge in [-0.1, -0.05) is 55.5 Å². The van der Waals surface area contributed by atoms with E-state index in [-0.39, 0.29) is 18.3 Å². The van der Waals surface area contributed by atoms with Crippen molar-refractivity contribution in [3.05, 3.63) is 70.8 Å². The molecule has 1 aliphatic rings. The number of hydrogen-bond donors (Lipinski definition) is 0. The molecule has 3 nitrogen and oxygen atoms in total. The van der Waals surface area contributed by atoms with Crippen molar-refractivity contribution < 1.29 is 4.79 Å². The van der Waals surface area contributed by atoms with E-state index in [0.717, 1.165) is 45.4 Å². The largest absolute Gasteiger partial charge is 0.335 e. The first-order chi connectivity index (χ1) is 13.6. The molecule has 4 heteroatoms. The minimum absolute atomic E-state index is 0. The summed E-state index contributed by atoms with van der Waals surface area (Å²) < 4.78 is 0. The van der Waals surface area contributed by atoms with E-state index in [0.29, 0.717) is 12.5 Å². The number of rotatable bonds is 7. The number of benzene rings is 2. The maximum absolute atomic E-state index is 12.6. The Hall–Kier alpha value is -1.84. The van der Waals surface area contributed by atoms with E-state index in [1.165, 1.54) is 22.3 Å². The number of amides is 1. The van der Waals surface area contributed by atoms with Crippen LogP contribution in [0, 0.1) is 13.8 Å². The summed E-state index contributed by atoms with van der Waals surface area (Å²) in [5.74, 6) is 0.276. The fraction of sp³-hybridized carbons (Fsp3) is 0.480. The lowest BCUT2D eigenvalue weighted by Gasteiger charge is -2.39. The quantitative estimate of drug-likeness (QED) is 0.623. The van der Waals surface area contributed by atoms with Crippen molar-refractivity contribution in [3.8, 4) is 0 Å². The fourth-order valence-corrected chi connectivity index (χ4v) is 4.37. The summed E-state index contributed by atoms with van der Waals surface area (Å²) in [6.45, 7) is 10.4. The highest BCUT2D eigenvalue weighted by atomic mass is 35.5. The molecule has 158 valence electrons. The third kappa shape index (κ3) is 6.32. The number of nitrogens with zero attached hydrogens (tertiary/aromatic N) is 2. The van der Waals surface area contributed by atoms with Crippen molar-refractivity contribution >= 4 is 18.3 Å². The van der Waals surface area contributed by atoms with E-state index >= 15 is 0 Å². The Kier molecular flexibility index (Phi) is 9.19. The average Bonchev–Trinajstić information content (AvgIpc) is 2.72. The van der Waals surface area contributed by atoms with Gasteiger partial charge in [0.25, 0.3) is 0 Å². The topological polar surface area (TPSA) is 23.6 Å². The molecule has 0 radical (unpaired) electrons. The highest BCUT2D eigenvalue weighted by Gasteiger charge is 2.27. The van der Waals surface area contributed by atoms with E-state index in [2.05, 4.69) is 66.1 Å². The molecule has 0 aliphatic carbocycles. The van der Waals surface area contributed by atoms with Gasteiger partial charge in [-0.05, 0) is 55.4 Å². The number of aryl methyl sites for hydroxylation is 2. The average molecular weight is 415 g/mol. The summed E-state index contributed by atoms with van der Waals surface area (Å²) >= 11 is 0. The van der Waals surface area contributed by atoms with Crippen molar-refractivity contribution in [1.82, 2.24) is 9.80 Å². The van der Waals surface area contributed by atoms with Crippen molar-refractivity contribution in [2.45, 2.75) is 59.0 Å². The number of hydrogen-bond acceptors (Lipinski definition) is 2. The van der Waals surface area contributed by atoms with Crippen molar-refractivity contribution in [2.24, 2.45) is 0 Å². The summed E-state index contributed by atoms with van der Waals surface area (Å²) in [6.07, 6.45) is 3.85. The Morgan fingerprint density at radius 1 is 1.00 bits per heavy atom. The van der Waals surface area contributed by atoms with Crippen molar-refractivity contribution in [3.63, 3.8) is 0 Å². The molecule has 29 heavy (non-hydrogen) atoms. The molecule has 0 unspecified atom stereocenters. The number of likely N-dealkylation sites (tertiary alicyclic amines) is 1. The van der Waals surface area contributed by atoms with Crippen LogP contribution in [0.1, 0.15) is 48.4 Å². The summed E-state index contributed by atoms with van der Waals surface area (Å²) in [6, 6.07) is 17.3. The van der Waals surface area contributed by atoms with Gasteiger partial charge >= 0.3 is 0 Å². The van der Waals surface area contributed by atoms with Crippen LogP contribution in [0.2, 0.25) is 0 Å². The highest BCUT2D eigenvalue weighted by molar-refractivity contribution is 5.85. The molecule has 1 fully saturated rings. The van der Waals surface area contributed by atoms with Gasteiger partial charge in [0.15, 0.2) is 0 Å². The lowest BCUT2D eigenvalue weighted by Crippen LogP contribution is -2.47. The molecular weight excluding hydrogens is 380 g/mol. The molecule has 1 aliphatic heterocycles. The van der Waals surface area contributed by atoms with Gasteiger partial charge in [0.05, 0.1) is 0 Å². The van der Waals surface area contributed by atoms with Gasteiger partial charge in [-0.2, -0.15) is 0 Å².